The molecule has 0 aromatic carbocycles. The Balaban J connectivity index is 0. The van der Waals surface area contributed by atoms with E-state index in [1.165, 1.54) is 0 Å². The molecule has 5 heteroatoms. The first-order chi connectivity index (χ1) is 6.20. The maximum Gasteiger partial charge on any atom is 0.223 e. The zero-order valence-electron chi connectivity index (χ0n) is 9.41. The second kappa shape index (κ2) is 9.25. The number of amides is 1. The van der Waals surface area contributed by atoms with Crippen LogP contribution in [0.15, 0.2) is 0 Å². The van der Waals surface area contributed by atoms with Gasteiger partial charge in [-0.15, -0.1) is 24.8 Å². The minimum absolute atomic E-state index is 0. The van der Waals surface area contributed by atoms with Crippen LogP contribution in [0.3, 0.4) is 0 Å². The van der Waals surface area contributed by atoms with E-state index in [0.717, 1.165) is 32.5 Å². The molecule has 0 atom stereocenters. The van der Waals surface area contributed by atoms with E-state index in [0.29, 0.717) is 5.92 Å². The molecule has 0 aromatic rings. The Morgan fingerprint density at radius 2 is 1.87 bits per heavy atom. The van der Waals surface area contributed by atoms with E-state index < -0.39 is 0 Å². The molecule has 0 saturated carbocycles. The Kier molecular flexibility index (Phi) is 10.7. The third kappa shape index (κ3) is 6.98. The normalized spacial score (nSPS) is 16.5. The Bertz CT molecular complexity index is 171. The molecule has 0 aliphatic carbocycles. The second-order valence-electron chi connectivity index (χ2n) is 4.16. The molecular formula is C10H22Cl2N2O. The number of carbonyl (C=O) groups is 1. The van der Waals surface area contributed by atoms with Crippen LogP contribution in [0.1, 0.15) is 26.7 Å². The van der Waals surface area contributed by atoms with Gasteiger partial charge in [-0.25, -0.2) is 0 Å². The number of hydrogen-bond donors (Lipinski definition) is 2. The summed E-state index contributed by atoms with van der Waals surface area (Å²) in [6, 6.07) is 0. The molecule has 1 heterocycles. The molecule has 1 rings (SSSR count). The van der Waals surface area contributed by atoms with E-state index in [1.807, 2.05) is 0 Å². The lowest BCUT2D eigenvalue weighted by Crippen LogP contribution is -2.39. The maximum absolute atomic E-state index is 11.6. The minimum atomic E-state index is 0. The van der Waals surface area contributed by atoms with E-state index in [1.54, 1.807) is 0 Å². The molecule has 1 aliphatic heterocycles. The standard InChI is InChI=1S/C10H20N2O.2ClH/c1-8(2)7-12-10(13)9-3-5-11-6-4-9;;/h8-9,11H,3-7H2,1-2H3,(H,12,13);2*1H. The fraction of sp³-hybridized carbons (Fsp3) is 0.900. The molecule has 1 amide bonds. The lowest BCUT2D eigenvalue weighted by Gasteiger charge is -2.22. The topological polar surface area (TPSA) is 41.1 Å². The summed E-state index contributed by atoms with van der Waals surface area (Å²) < 4.78 is 0. The highest BCUT2D eigenvalue weighted by molar-refractivity contribution is 5.85. The molecule has 0 radical (unpaired) electrons. The maximum atomic E-state index is 11.6. The van der Waals surface area contributed by atoms with E-state index in [-0.39, 0.29) is 36.6 Å². The van der Waals surface area contributed by atoms with Crippen molar-refractivity contribution >= 4 is 30.7 Å². The fourth-order valence-corrected chi connectivity index (χ4v) is 1.53. The Hall–Kier alpha value is 0.01000. The number of halogens is 2. The lowest BCUT2D eigenvalue weighted by atomic mass is 9.97. The number of piperidine rings is 1. The van der Waals surface area contributed by atoms with Crippen LogP contribution in [0.4, 0.5) is 0 Å². The fourth-order valence-electron chi connectivity index (χ4n) is 1.53. The summed E-state index contributed by atoms with van der Waals surface area (Å²) in [4.78, 5) is 11.6. The molecule has 0 bridgehead atoms. The van der Waals surface area contributed by atoms with Crippen molar-refractivity contribution in [3.63, 3.8) is 0 Å². The first-order valence-electron chi connectivity index (χ1n) is 5.18. The second-order valence-corrected chi connectivity index (χ2v) is 4.16. The SMILES string of the molecule is CC(C)CNC(=O)C1CCNCC1.Cl.Cl. The van der Waals surface area contributed by atoms with Crippen molar-refractivity contribution in [2.75, 3.05) is 19.6 Å². The van der Waals surface area contributed by atoms with Crippen LogP contribution in [0.5, 0.6) is 0 Å². The van der Waals surface area contributed by atoms with Crippen molar-refractivity contribution in [2.24, 2.45) is 11.8 Å². The van der Waals surface area contributed by atoms with Gasteiger partial charge in [0.2, 0.25) is 5.91 Å². The summed E-state index contributed by atoms with van der Waals surface area (Å²) >= 11 is 0. The number of hydrogen-bond acceptors (Lipinski definition) is 2. The van der Waals surface area contributed by atoms with Crippen molar-refractivity contribution in [3.05, 3.63) is 0 Å². The number of carbonyl (C=O) groups excluding carboxylic acids is 1. The molecule has 0 spiro atoms. The van der Waals surface area contributed by atoms with Gasteiger partial charge in [-0.1, -0.05) is 13.8 Å². The molecule has 1 aliphatic rings. The average Bonchev–Trinajstić information content (AvgIpc) is 2.15. The van der Waals surface area contributed by atoms with E-state index in [2.05, 4.69) is 24.5 Å². The van der Waals surface area contributed by atoms with Crippen LogP contribution in [0, 0.1) is 11.8 Å². The van der Waals surface area contributed by atoms with Crippen molar-refractivity contribution in [1.29, 1.82) is 0 Å². The summed E-state index contributed by atoms with van der Waals surface area (Å²) in [5.41, 5.74) is 0. The van der Waals surface area contributed by atoms with Crippen molar-refractivity contribution in [2.45, 2.75) is 26.7 Å². The molecular weight excluding hydrogens is 235 g/mol. The minimum Gasteiger partial charge on any atom is -0.356 e. The quantitative estimate of drug-likeness (QED) is 0.806. The van der Waals surface area contributed by atoms with Crippen LogP contribution >= 0.6 is 24.8 Å². The monoisotopic (exact) mass is 256 g/mol. The van der Waals surface area contributed by atoms with Gasteiger partial charge in [0.05, 0.1) is 0 Å². The lowest BCUT2D eigenvalue weighted by molar-refractivity contribution is -0.125. The Morgan fingerprint density at radius 1 is 1.33 bits per heavy atom. The first-order valence-corrected chi connectivity index (χ1v) is 5.18. The third-order valence-corrected chi connectivity index (χ3v) is 2.39. The van der Waals surface area contributed by atoms with Crippen molar-refractivity contribution in [1.82, 2.24) is 10.6 Å². The van der Waals surface area contributed by atoms with Gasteiger partial charge in [-0.2, -0.15) is 0 Å². The van der Waals surface area contributed by atoms with Crippen LogP contribution in [0.2, 0.25) is 0 Å². The molecule has 0 unspecified atom stereocenters. The predicted octanol–water partition coefficient (Wildman–Crippen LogP) is 1.60. The smallest absolute Gasteiger partial charge is 0.223 e. The van der Waals surface area contributed by atoms with Gasteiger partial charge >= 0.3 is 0 Å². The molecule has 1 fully saturated rings. The van der Waals surface area contributed by atoms with Gasteiger partial charge in [0.25, 0.3) is 0 Å². The zero-order valence-corrected chi connectivity index (χ0v) is 11.0. The van der Waals surface area contributed by atoms with Crippen molar-refractivity contribution in [3.8, 4) is 0 Å². The number of rotatable bonds is 3. The van der Waals surface area contributed by atoms with Gasteiger partial charge in [0, 0.05) is 12.5 Å². The molecule has 0 aromatic heterocycles. The van der Waals surface area contributed by atoms with Gasteiger partial charge < -0.3 is 10.6 Å². The van der Waals surface area contributed by atoms with Crippen LogP contribution in [0.25, 0.3) is 0 Å². The summed E-state index contributed by atoms with van der Waals surface area (Å²) in [6.07, 6.45) is 1.98. The van der Waals surface area contributed by atoms with Crippen LogP contribution in [-0.4, -0.2) is 25.5 Å². The molecule has 15 heavy (non-hydrogen) atoms. The van der Waals surface area contributed by atoms with Crippen LogP contribution < -0.4 is 10.6 Å². The van der Waals surface area contributed by atoms with E-state index >= 15 is 0 Å². The first kappa shape index (κ1) is 17.4. The van der Waals surface area contributed by atoms with E-state index in [4.69, 9.17) is 0 Å². The highest BCUT2D eigenvalue weighted by atomic mass is 35.5. The van der Waals surface area contributed by atoms with Gasteiger partial charge in [-0.05, 0) is 31.8 Å². The third-order valence-electron chi connectivity index (χ3n) is 2.39. The molecule has 2 N–H and O–H groups in total. The van der Waals surface area contributed by atoms with Crippen molar-refractivity contribution < 1.29 is 4.79 Å². The van der Waals surface area contributed by atoms with E-state index in [9.17, 15) is 4.79 Å². The summed E-state index contributed by atoms with van der Waals surface area (Å²) in [5.74, 6) is 1.04. The molecule has 3 nitrogen and oxygen atoms in total. The summed E-state index contributed by atoms with van der Waals surface area (Å²) in [7, 11) is 0. The zero-order chi connectivity index (χ0) is 9.68. The highest BCUT2D eigenvalue weighted by Crippen LogP contribution is 2.11. The Labute approximate surface area is 105 Å². The molecule has 92 valence electrons. The average molecular weight is 257 g/mol. The van der Waals surface area contributed by atoms with Gasteiger partial charge in [0.15, 0.2) is 0 Å². The van der Waals surface area contributed by atoms with Crippen LogP contribution in [-0.2, 0) is 4.79 Å². The Morgan fingerprint density at radius 3 is 2.33 bits per heavy atom. The summed E-state index contributed by atoms with van der Waals surface area (Å²) in [6.45, 7) is 7.01. The van der Waals surface area contributed by atoms with Gasteiger partial charge in [0.1, 0.15) is 0 Å². The molecule has 1 saturated heterocycles. The number of nitrogens with one attached hydrogen (secondary N) is 2. The van der Waals surface area contributed by atoms with Gasteiger partial charge in [-0.3, -0.25) is 4.79 Å². The largest absolute Gasteiger partial charge is 0.356 e. The summed E-state index contributed by atoms with van der Waals surface area (Å²) in [5, 5.41) is 6.24. The predicted molar refractivity (Wildman–Crippen MR) is 67.9 cm³/mol. The highest BCUT2D eigenvalue weighted by Gasteiger charge is 2.20.